The fourth-order valence-electron chi connectivity index (χ4n) is 1.07. The summed E-state index contributed by atoms with van der Waals surface area (Å²) < 4.78 is 10.6. The van der Waals surface area contributed by atoms with Gasteiger partial charge in [-0.25, -0.2) is 0 Å². The summed E-state index contributed by atoms with van der Waals surface area (Å²) in [7, 11) is 0. The predicted molar refractivity (Wildman–Crippen MR) is 59.6 cm³/mol. The topological polar surface area (TPSA) is 54.3 Å². The molecule has 0 bridgehead atoms. The van der Waals surface area contributed by atoms with Gasteiger partial charge in [-0.15, -0.1) is 0 Å². The van der Waals surface area contributed by atoms with E-state index in [-0.39, 0.29) is 12.1 Å². The molecule has 0 aromatic heterocycles. The van der Waals surface area contributed by atoms with Crippen LogP contribution < -0.4 is 5.32 Å². The van der Waals surface area contributed by atoms with Crippen LogP contribution in [0.25, 0.3) is 0 Å². The van der Waals surface area contributed by atoms with Gasteiger partial charge in [0.05, 0.1) is 32.0 Å². The fraction of sp³-hybridized carbons (Fsp3) is 0.909. The van der Waals surface area contributed by atoms with E-state index in [4.69, 9.17) is 14.7 Å². The van der Waals surface area contributed by atoms with E-state index in [2.05, 4.69) is 11.4 Å². The van der Waals surface area contributed by atoms with Crippen molar-refractivity contribution in [2.24, 2.45) is 0 Å². The molecule has 0 rings (SSSR count). The summed E-state index contributed by atoms with van der Waals surface area (Å²) in [6, 6.07) is 2.22. The van der Waals surface area contributed by atoms with Crippen LogP contribution in [-0.4, -0.2) is 38.0 Å². The van der Waals surface area contributed by atoms with E-state index in [1.54, 1.807) is 0 Å². The molecular weight excluding hydrogens is 192 g/mol. The molecule has 0 aliphatic carbocycles. The molecule has 0 saturated carbocycles. The van der Waals surface area contributed by atoms with E-state index in [9.17, 15) is 0 Å². The second kappa shape index (κ2) is 8.66. The highest BCUT2D eigenvalue weighted by molar-refractivity contribution is 4.90. The van der Waals surface area contributed by atoms with Crippen LogP contribution in [-0.2, 0) is 9.47 Å². The largest absolute Gasteiger partial charge is 0.376 e. The van der Waals surface area contributed by atoms with Crippen LogP contribution in [0.15, 0.2) is 0 Å². The number of nitrogens with one attached hydrogen (secondary N) is 1. The Morgan fingerprint density at radius 3 is 2.33 bits per heavy atom. The Labute approximate surface area is 92.6 Å². The lowest BCUT2D eigenvalue weighted by atomic mass is 10.3. The maximum Gasteiger partial charge on any atom is 0.119 e. The maximum atomic E-state index is 8.80. The van der Waals surface area contributed by atoms with Crippen molar-refractivity contribution >= 4 is 0 Å². The van der Waals surface area contributed by atoms with Gasteiger partial charge in [0, 0.05) is 6.04 Å². The fourth-order valence-corrected chi connectivity index (χ4v) is 1.07. The summed E-state index contributed by atoms with van der Waals surface area (Å²) >= 11 is 0. The van der Waals surface area contributed by atoms with Crippen molar-refractivity contribution < 1.29 is 9.47 Å². The molecule has 0 fully saturated rings. The van der Waals surface area contributed by atoms with Crippen molar-refractivity contribution in [1.29, 1.82) is 5.26 Å². The third kappa shape index (κ3) is 9.67. The van der Waals surface area contributed by atoms with Gasteiger partial charge in [0.15, 0.2) is 0 Å². The van der Waals surface area contributed by atoms with E-state index in [1.165, 1.54) is 0 Å². The Balaban J connectivity index is 3.44. The molecule has 0 aliphatic heterocycles. The second-order valence-electron chi connectivity index (χ2n) is 4.00. The molecule has 1 atom stereocenters. The van der Waals surface area contributed by atoms with Crippen molar-refractivity contribution in [3.63, 3.8) is 0 Å². The number of ether oxygens (including phenoxy) is 2. The minimum absolute atomic E-state index is 0.231. The van der Waals surface area contributed by atoms with Gasteiger partial charge in [0.1, 0.15) is 6.04 Å². The first-order valence-electron chi connectivity index (χ1n) is 5.41. The molecule has 0 spiro atoms. The lowest BCUT2D eigenvalue weighted by Crippen LogP contribution is -2.37. The smallest absolute Gasteiger partial charge is 0.119 e. The Morgan fingerprint density at radius 1 is 1.20 bits per heavy atom. The van der Waals surface area contributed by atoms with Crippen molar-refractivity contribution in [3.05, 3.63) is 0 Å². The van der Waals surface area contributed by atoms with Crippen LogP contribution in [0.2, 0.25) is 0 Å². The van der Waals surface area contributed by atoms with Gasteiger partial charge in [-0.05, 0) is 27.7 Å². The standard InChI is InChI=1S/C11H22N2O2/c1-9(2)13-11(7-12)8-14-5-6-15-10(3)4/h9-11,13H,5-6,8H2,1-4H3. The lowest BCUT2D eigenvalue weighted by molar-refractivity contribution is 0.0167. The molecular formula is C11H22N2O2. The summed E-state index contributed by atoms with van der Waals surface area (Å²) in [5.41, 5.74) is 0. The maximum absolute atomic E-state index is 8.80. The Morgan fingerprint density at radius 2 is 1.87 bits per heavy atom. The number of nitrogens with zero attached hydrogens (tertiary/aromatic N) is 1. The molecule has 0 aromatic carbocycles. The molecule has 0 amide bonds. The summed E-state index contributed by atoms with van der Waals surface area (Å²) in [5.74, 6) is 0. The normalized spacial score (nSPS) is 13.1. The minimum atomic E-state index is -0.232. The third-order valence-corrected chi connectivity index (χ3v) is 1.65. The van der Waals surface area contributed by atoms with E-state index >= 15 is 0 Å². The van der Waals surface area contributed by atoms with Gasteiger partial charge in [0.2, 0.25) is 0 Å². The van der Waals surface area contributed by atoms with Crippen LogP contribution in [0.4, 0.5) is 0 Å². The zero-order valence-electron chi connectivity index (χ0n) is 10.1. The van der Waals surface area contributed by atoms with Gasteiger partial charge in [0.25, 0.3) is 0 Å². The molecule has 88 valence electrons. The Hall–Kier alpha value is -0.630. The molecule has 0 aliphatic rings. The van der Waals surface area contributed by atoms with Gasteiger partial charge >= 0.3 is 0 Å². The molecule has 0 radical (unpaired) electrons. The van der Waals surface area contributed by atoms with Crippen LogP contribution in [0.3, 0.4) is 0 Å². The molecule has 1 N–H and O–H groups in total. The van der Waals surface area contributed by atoms with Crippen molar-refractivity contribution in [2.75, 3.05) is 19.8 Å². The summed E-state index contributed by atoms with van der Waals surface area (Å²) in [4.78, 5) is 0. The lowest BCUT2D eigenvalue weighted by Gasteiger charge is -2.15. The van der Waals surface area contributed by atoms with E-state index in [0.717, 1.165) is 0 Å². The summed E-state index contributed by atoms with van der Waals surface area (Å²) in [5, 5.41) is 11.9. The minimum Gasteiger partial charge on any atom is -0.376 e. The molecule has 4 heteroatoms. The highest BCUT2D eigenvalue weighted by Crippen LogP contribution is 1.90. The first-order chi connectivity index (χ1) is 7.06. The highest BCUT2D eigenvalue weighted by Gasteiger charge is 2.07. The van der Waals surface area contributed by atoms with Gasteiger partial charge in [-0.2, -0.15) is 5.26 Å². The molecule has 0 heterocycles. The van der Waals surface area contributed by atoms with Crippen molar-refractivity contribution in [3.8, 4) is 6.07 Å². The van der Waals surface area contributed by atoms with Gasteiger partial charge in [-0.1, -0.05) is 0 Å². The van der Waals surface area contributed by atoms with E-state index in [1.807, 2.05) is 27.7 Å². The van der Waals surface area contributed by atoms with Crippen LogP contribution in [0.1, 0.15) is 27.7 Å². The van der Waals surface area contributed by atoms with E-state index in [0.29, 0.717) is 25.9 Å². The highest BCUT2D eigenvalue weighted by atomic mass is 16.5. The van der Waals surface area contributed by atoms with Gasteiger partial charge in [-0.3, -0.25) is 5.32 Å². The molecule has 0 aromatic rings. The van der Waals surface area contributed by atoms with E-state index < -0.39 is 0 Å². The van der Waals surface area contributed by atoms with Crippen molar-refractivity contribution in [1.82, 2.24) is 5.32 Å². The molecule has 0 saturated heterocycles. The quantitative estimate of drug-likeness (QED) is 0.619. The number of hydrogen-bond donors (Lipinski definition) is 1. The first kappa shape index (κ1) is 14.4. The third-order valence-electron chi connectivity index (χ3n) is 1.65. The number of rotatable bonds is 8. The molecule has 4 nitrogen and oxygen atoms in total. The zero-order valence-corrected chi connectivity index (χ0v) is 10.1. The Bertz CT molecular complexity index is 188. The van der Waals surface area contributed by atoms with Crippen LogP contribution >= 0.6 is 0 Å². The SMILES string of the molecule is CC(C)NC(C#N)COCCOC(C)C. The first-order valence-corrected chi connectivity index (χ1v) is 5.41. The number of nitriles is 1. The molecule has 1 unspecified atom stereocenters. The number of hydrogen-bond acceptors (Lipinski definition) is 4. The van der Waals surface area contributed by atoms with Crippen molar-refractivity contribution in [2.45, 2.75) is 45.9 Å². The predicted octanol–water partition coefficient (Wildman–Crippen LogP) is 1.32. The monoisotopic (exact) mass is 214 g/mol. The summed E-state index contributed by atoms with van der Waals surface area (Å²) in [6.07, 6.45) is 0.231. The summed E-state index contributed by atoms with van der Waals surface area (Å²) in [6.45, 7) is 9.51. The Kier molecular flexibility index (Phi) is 8.30. The van der Waals surface area contributed by atoms with Crippen LogP contribution in [0.5, 0.6) is 0 Å². The van der Waals surface area contributed by atoms with Crippen LogP contribution in [0, 0.1) is 11.3 Å². The average molecular weight is 214 g/mol. The average Bonchev–Trinajstić information content (AvgIpc) is 2.14. The molecule has 15 heavy (non-hydrogen) atoms. The zero-order chi connectivity index (χ0) is 11.7. The second-order valence-corrected chi connectivity index (χ2v) is 4.00. The van der Waals surface area contributed by atoms with Gasteiger partial charge < -0.3 is 9.47 Å².